The van der Waals surface area contributed by atoms with E-state index in [4.69, 9.17) is 0 Å². The van der Waals surface area contributed by atoms with Gasteiger partial charge in [-0.05, 0) is 77.9 Å². The van der Waals surface area contributed by atoms with E-state index in [-0.39, 0.29) is 11.1 Å². The van der Waals surface area contributed by atoms with Crippen LogP contribution in [0.15, 0.2) is 48.5 Å². The van der Waals surface area contributed by atoms with Gasteiger partial charge in [0, 0.05) is 24.2 Å². The third kappa shape index (κ3) is 5.18. The van der Waals surface area contributed by atoms with Crippen molar-refractivity contribution in [3.05, 3.63) is 59.7 Å². The summed E-state index contributed by atoms with van der Waals surface area (Å²) in [6, 6.07) is 17.7. The zero-order valence-electron chi connectivity index (χ0n) is 17.9. The van der Waals surface area contributed by atoms with Crippen molar-refractivity contribution in [3.63, 3.8) is 0 Å². The van der Waals surface area contributed by atoms with Gasteiger partial charge in [0.2, 0.25) is 0 Å². The Morgan fingerprint density at radius 3 is 1.19 bits per heavy atom. The van der Waals surface area contributed by atoms with Crippen molar-refractivity contribution >= 4 is 0 Å². The van der Waals surface area contributed by atoms with Gasteiger partial charge in [0.1, 0.15) is 0 Å². The van der Waals surface area contributed by atoms with Crippen LogP contribution in [-0.4, -0.2) is 35.0 Å². The molecule has 0 amide bonds. The normalized spacial score (nSPS) is 12.8. The summed E-state index contributed by atoms with van der Waals surface area (Å²) in [7, 11) is 4.41. The number of rotatable bonds is 5. The Morgan fingerprint density at radius 1 is 0.577 bits per heavy atom. The molecule has 0 spiro atoms. The summed E-state index contributed by atoms with van der Waals surface area (Å²) in [5, 5.41) is 0. The minimum atomic E-state index is 0.152. The minimum Gasteiger partial charge on any atom is -0.297 e. The molecule has 0 aromatic heterocycles. The predicted octanol–water partition coefficient (Wildman–Crippen LogP) is 5.81. The summed E-state index contributed by atoms with van der Waals surface area (Å²) in [6.07, 6.45) is 0. The first kappa shape index (κ1) is 20.7. The maximum absolute atomic E-state index is 2.41. The molecule has 0 aliphatic rings. The molecular weight excluding hydrogens is 316 g/mol. The van der Waals surface area contributed by atoms with Crippen LogP contribution in [0.25, 0.3) is 11.1 Å². The summed E-state index contributed by atoms with van der Waals surface area (Å²) >= 11 is 0. The molecule has 0 radical (unpaired) electrons. The molecule has 2 aromatic carbocycles. The van der Waals surface area contributed by atoms with E-state index in [1.54, 1.807) is 0 Å². The molecule has 2 heteroatoms. The van der Waals surface area contributed by atoms with E-state index in [0.29, 0.717) is 0 Å². The Hall–Kier alpha value is -1.64. The smallest absolute Gasteiger partial charge is 0.0242 e. The molecule has 26 heavy (non-hydrogen) atoms. The molecule has 0 aliphatic carbocycles. The van der Waals surface area contributed by atoms with Crippen molar-refractivity contribution < 1.29 is 0 Å². The molecule has 142 valence electrons. The monoisotopic (exact) mass is 352 g/mol. The van der Waals surface area contributed by atoms with Crippen LogP contribution in [0.1, 0.15) is 52.7 Å². The molecule has 0 saturated carbocycles. The molecule has 0 unspecified atom stereocenters. The number of hydrogen-bond donors (Lipinski definition) is 0. The van der Waals surface area contributed by atoms with Crippen molar-refractivity contribution in [2.45, 2.75) is 65.7 Å². The van der Waals surface area contributed by atoms with Gasteiger partial charge in [-0.3, -0.25) is 9.80 Å². The molecule has 0 aliphatic heterocycles. The molecule has 0 N–H and O–H groups in total. The zero-order valence-corrected chi connectivity index (χ0v) is 17.9. The van der Waals surface area contributed by atoms with Crippen molar-refractivity contribution in [1.82, 2.24) is 9.80 Å². The van der Waals surface area contributed by atoms with Crippen LogP contribution in [0.4, 0.5) is 0 Å². The fourth-order valence-electron chi connectivity index (χ4n) is 2.83. The van der Waals surface area contributed by atoms with Gasteiger partial charge in [0.15, 0.2) is 0 Å². The molecule has 0 heterocycles. The highest BCUT2D eigenvalue weighted by Gasteiger charge is 2.21. The first-order valence-electron chi connectivity index (χ1n) is 9.59. The highest BCUT2D eigenvalue weighted by atomic mass is 15.2. The minimum absolute atomic E-state index is 0.152. The van der Waals surface area contributed by atoms with Gasteiger partial charge >= 0.3 is 0 Å². The molecule has 2 aromatic rings. The first-order chi connectivity index (χ1) is 12.0. The van der Waals surface area contributed by atoms with Gasteiger partial charge in [-0.15, -0.1) is 0 Å². The van der Waals surface area contributed by atoms with Crippen molar-refractivity contribution in [2.75, 3.05) is 14.1 Å². The van der Waals surface area contributed by atoms with Crippen LogP contribution in [0, 0.1) is 0 Å². The maximum atomic E-state index is 2.41. The van der Waals surface area contributed by atoms with Crippen LogP contribution in [0.5, 0.6) is 0 Å². The second kappa shape index (κ2) is 7.94. The average molecular weight is 353 g/mol. The van der Waals surface area contributed by atoms with Crippen LogP contribution in [0.2, 0.25) is 0 Å². The van der Waals surface area contributed by atoms with Crippen LogP contribution < -0.4 is 0 Å². The highest BCUT2D eigenvalue weighted by Crippen LogP contribution is 2.30. The van der Waals surface area contributed by atoms with Gasteiger partial charge in [-0.2, -0.15) is 0 Å². The predicted molar refractivity (Wildman–Crippen MR) is 114 cm³/mol. The lowest BCUT2D eigenvalue weighted by Gasteiger charge is -2.33. The van der Waals surface area contributed by atoms with E-state index < -0.39 is 0 Å². The average Bonchev–Trinajstić information content (AvgIpc) is 2.54. The lowest BCUT2D eigenvalue weighted by atomic mass is 9.93. The van der Waals surface area contributed by atoms with Crippen LogP contribution in [0.3, 0.4) is 0 Å². The summed E-state index contributed by atoms with van der Waals surface area (Å²) in [5.74, 6) is 0. The summed E-state index contributed by atoms with van der Waals surface area (Å²) in [5.41, 5.74) is 5.77. The fraction of sp³-hybridized carbons (Fsp3) is 0.500. The van der Waals surface area contributed by atoms with E-state index in [9.17, 15) is 0 Å². The van der Waals surface area contributed by atoms with Gasteiger partial charge in [0.05, 0.1) is 0 Å². The maximum Gasteiger partial charge on any atom is 0.0242 e. The quantitative estimate of drug-likeness (QED) is 0.669. The van der Waals surface area contributed by atoms with Crippen LogP contribution in [-0.2, 0) is 13.1 Å². The van der Waals surface area contributed by atoms with Crippen LogP contribution >= 0.6 is 0 Å². The lowest BCUT2D eigenvalue weighted by Crippen LogP contribution is -2.37. The molecule has 0 bridgehead atoms. The second-order valence-electron chi connectivity index (χ2n) is 9.37. The standard InChI is InChI=1S/C24H36N2/c1-23(2,3)25(7)17-19-13-9-11-15-21(19)22-16-12-10-14-20(22)18-26(8)24(4,5)6/h9-16H,17-18H2,1-8H3. The van der Waals surface area contributed by atoms with Crippen molar-refractivity contribution in [3.8, 4) is 11.1 Å². The summed E-state index contributed by atoms with van der Waals surface area (Å²) in [6.45, 7) is 15.5. The number of hydrogen-bond acceptors (Lipinski definition) is 2. The number of benzene rings is 2. The molecule has 2 nitrogen and oxygen atoms in total. The second-order valence-corrected chi connectivity index (χ2v) is 9.37. The lowest BCUT2D eigenvalue weighted by molar-refractivity contribution is 0.167. The van der Waals surface area contributed by atoms with E-state index in [1.807, 2.05) is 0 Å². The first-order valence-corrected chi connectivity index (χ1v) is 9.59. The van der Waals surface area contributed by atoms with E-state index in [1.165, 1.54) is 22.3 Å². The van der Waals surface area contributed by atoms with E-state index >= 15 is 0 Å². The molecule has 0 atom stereocenters. The summed E-state index contributed by atoms with van der Waals surface area (Å²) in [4.78, 5) is 4.82. The largest absolute Gasteiger partial charge is 0.297 e. The SMILES string of the molecule is CN(Cc1ccccc1-c1ccccc1CN(C)C(C)(C)C)C(C)(C)C. The Morgan fingerprint density at radius 2 is 0.885 bits per heavy atom. The number of nitrogens with zero attached hydrogens (tertiary/aromatic N) is 2. The topological polar surface area (TPSA) is 6.48 Å². The molecule has 2 rings (SSSR count). The van der Waals surface area contributed by atoms with Gasteiger partial charge < -0.3 is 0 Å². The Balaban J connectivity index is 2.41. The van der Waals surface area contributed by atoms with Crippen molar-refractivity contribution in [2.24, 2.45) is 0 Å². The van der Waals surface area contributed by atoms with E-state index in [2.05, 4.69) is 114 Å². The van der Waals surface area contributed by atoms with Gasteiger partial charge in [-0.1, -0.05) is 48.5 Å². The Bertz CT molecular complexity index is 656. The van der Waals surface area contributed by atoms with Gasteiger partial charge in [-0.25, -0.2) is 0 Å². The van der Waals surface area contributed by atoms with Crippen molar-refractivity contribution in [1.29, 1.82) is 0 Å². The molecule has 0 fully saturated rings. The molecular formula is C24H36N2. The zero-order chi connectivity index (χ0) is 19.5. The summed E-state index contributed by atoms with van der Waals surface area (Å²) < 4.78 is 0. The van der Waals surface area contributed by atoms with Gasteiger partial charge in [0.25, 0.3) is 0 Å². The fourth-order valence-corrected chi connectivity index (χ4v) is 2.83. The molecule has 0 saturated heterocycles. The highest BCUT2D eigenvalue weighted by molar-refractivity contribution is 5.70. The Labute approximate surface area is 160 Å². The van der Waals surface area contributed by atoms with E-state index in [0.717, 1.165) is 13.1 Å². The Kier molecular flexibility index (Phi) is 6.31. The third-order valence-electron chi connectivity index (χ3n) is 5.43. The third-order valence-corrected chi connectivity index (χ3v) is 5.43.